The quantitative estimate of drug-likeness (QED) is 0.753. The summed E-state index contributed by atoms with van der Waals surface area (Å²) in [4.78, 5) is 23.4. The van der Waals surface area contributed by atoms with Gasteiger partial charge in [0.15, 0.2) is 0 Å². The van der Waals surface area contributed by atoms with Crippen molar-refractivity contribution in [2.24, 2.45) is 0 Å². The van der Waals surface area contributed by atoms with Crippen molar-refractivity contribution in [3.63, 3.8) is 0 Å². The van der Waals surface area contributed by atoms with Gasteiger partial charge in [-0.1, -0.05) is 6.07 Å². The molecule has 1 fully saturated rings. The Hall–Kier alpha value is -1.31. The SMILES string of the molecule is Cl.O=C(CC1CSCCN1)NCC(=O)Nc1cccc(F)c1. The average molecular weight is 348 g/mol. The fraction of sp³-hybridized carbons (Fsp3) is 0.429. The lowest BCUT2D eigenvalue weighted by atomic mass is 10.2. The number of amides is 2. The smallest absolute Gasteiger partial charge is 0.243 e. The molecule has 1 aliphatic rings. The summed E-state index contributed by atoms with van der Waals surface area (Å²) in [5.41, 5.74) is 0.375. The molecule has 1 unspecified atom stereocenters. The van der Waals surface area contributed by atoms with Gasteiger partial charge in [0.2, 0.25) is 11.8 Å². The minimum Gasteiger partial charge on any atom is -0.347 e. The zero-order valence-electron chi connectivity index (χ0n) is 11.9. The molecule has 2 amide bonds. The fourth-order valence-corrected chi connectivity index (χ4v) is 2.95. The Labute approximate surface area is 139 Å². The van der Waals surface area contributed by atoms with Crippen molar-refractivity contribution in [1.29, 1.82) is 0 Å². The van der Waals surface area contributed by atoms with Crippen LogP contribution in [-0.4, -0.2) is 42.5 Å². The summed E-state index contributed by atoms with van der Waals surface area (Å²) in [7, 11) is 0. The van der Waals surface area contributed by atoms with E-state index in [-0.39, 0.29) is 36.8 Å². The van der Waals surface area contributed by atoms with Gasteiger partial charge in [-0.15, -0.1) is 12.4 Å². The maximum Gasteiger partial charge on any atom is 0.243 e. The van der Waals surface area contributed by atoms with Crippen molar-refractivity contribution in [2.75, 3.05) is 29.9 Å². The Kier molecular flexibility index (Phi) is 8.22. The minimum atomic E-state index is -0.419. The van der Waals surface area contributed by atoms with Crippen molar-refractivity contribution in [1.82, 2.24) is 10.6 Å². The van der Waals surface area contributed by atoms with Crippen LogP contribution in [0.2, 0.25) is 0 Å². The summed E-state index contributed by atoms with van der Waals surface area (Å²) in [6.07, 6.45) is 0.361. The molecule has 5 nitrogen and oxygen atoms in total. The maximum atomic E-state index is 13.0. The van der Waals surface area contributed by atoms with E-state index in [1.165, 1.54) is 18.2 Å². The van der Waals surface area contributed by atoms with E-state index in [0.29, 0.717) is 12.1 Å². The molecule has 3 N–H and O–H groups in total. The molecule has 1 aromatic carbocycles. The molecule has 2 rings (SSSR count). The van der Waals surface area contributed by atoms with E-state index in [2.05, 4.69) is 16.0 Å². The predicted molar refractivity (Wildman–Crippen MR) is 89.0 cm³/mol. The molecule has 1 heterocycles. The molecule has 1 aliphatic heterocycles. The molecule has 122 valence electrons. The number of nitrogens with one attached hydrogen (secondary N) is 3. The molecule has 0 aromatic heterocycles. The zero-order valence-corrected chi connectivity index (χ0v) is 13.6. The minimum absolute atomic E-state index is 0. The summed E-state index contributed by atoms with van der Waals surface area (Å²) >= 11 is 1.82. The molecule has 0 bridgehead atoms. The second kappa shape index (κ2) is 9.66. The van der Waals surface area contributed by atoms with Crippen LogP contribution in [0.4, 0.5) is 10.1 Å². The molecule has 0 radical (unpaired) electrons. The molecule has 22 heavy (non-hydrogen) atoms. The molecule has 1 saturated heterocycles. The normalized spacial score (nSPS) is 17.2. The first kappa shape index (κ1) is 18.7. The van der Waals surface area contributed by atoms with Crippen LogP contribution >= 0.6 is 24.2 Å². The summed E-state index contributed by atoms with van der Waals surface area (Å²) < 4.78 is 13.0. The predicted octanol–water partition coefficient (Wildman–Crippen LogP) is 1.40. The second-order valence-electron chi connectivity index (χ2n) is 4.77. The number of halogens is 2. The summed E-state index contributed by atoms with van der Waals surface area (Å²) in [6.45, 7) is 0.790. The van der Waals surface area contributed by atoms with Crippen LogP contribution in [0.3, 0.4) is 0 Å². The monoisotopic (exact) mass is 347 g/mol. The lowest BCUT2D eigenvalue weighted by molar-refractivity contribution is -0.124. The number of benzene rings is 1. The highest BCUT2D eigenvalue weighted by atomic mass is 35.5. The number of carbonyl (C=O) groups is 2. The molecule has 1 atom stereocenters. The molecule has 0 aliphatic carbocycles. The summed E-state index contributed by atoms with van der Waals surface area (Å²) in [6, 6.07) is 5.78. The molecular weight excluding hydrogens is 329 g/mol. The van der Waals surface area contributed by atoms with Gasteiger partial charge in [0.05, 0.1) is 6.54 Å². The van der Waals surface area contributed by atoms with E-state index in [1.54, 1.807) is 6.07 Å². The highest BCUT2D eigenvalue weighted by Crippen LogP contribution is 2.10. The fourth-order valence-electron chi connectivity index (χ4n) is 2.00. The van der Waals surface area contributed by atoms with Crippen LogP contribution in [0.5, 0.6) is 0 Å². The van der Waals surface area contributed by atoms with Gasteiger partial charge < -0.3 is 16.0 Å². The third kappa shape index (κ3) is 6.64. The molecule has 8 heteroatoms. The van der Waals surface area contributed by atoms with E-state index in [9.17, 15) is 14.0 Å². The first-order valence-corrected chi connectivity index (χ1v) is 7.92. The number of rotatable bonds is 5. The van der Waals surface area contributed by atoms with Gasteiger partial charge in [-0.3, -0.25) is 9.59 Å². The van der Waals surface area contributed by atoms with Gasteiger partial charge in [-0.25, -0.2) is 4.39 Å². The lowest BCUT2D eigenvalue weighted by Gasteiger charge is -2.22. The van der Waals surface area contributed by atoms with Crippen molar-refractivity contribution < 1.29 is 14.0 Å². The number of carbonyl (C=O) groups excluding carboxylic acids is 2. The maximum absolute atomic E-state index is 13.0. The number of anilines is 1. The number of hydrogen-bond donors (Lipinski definition) is 3. The standard InChI is InChI=1S/C14H18FN3O2S.ClH/c15-10-2-1-3-11(6-10)18-14(20)8-17-13(19)7-12-9-21-5-4-16-12;/h1-3,6,12,16H,4-5,7-9H2,(H,17,19)(H,18,20);1H. The van der Waals surface area contributed by atoms with Crippen LogP contribution in [0.1, 0.15) is 6.42 Å². The molecular formula is C14H19ClFN3O2S. The topological polar surface area (TPSA) is 70.2 Å². The summed E-state index contributed by atoms with van der Waals surface area (Å²) in [5, 5.41) is 8.36. The van der Waals surface area contributed by atoms with Gasteiger partial charge >= 0.3 is 0 Å². The third-order valence-corrected chi connectivity index (χ3v) is 4.12. The first-order valence-electron chi connectivity index (χ1n) is 6.77. The van der Waals surface area contributed by atoms with E-state index < -0.39 is 5.82 Å². The van der Waals surface area contributed by atoms with Crippen molar-refractivity contribution >= 4 is 41.7 Å². The Morgan fingerprint density at radius 3 is 2.86 bits per heavy atom. The van der Waals surface area contributed by atoms with Crippen LogP contribution < -0.4 is 16.0 Å². The molecule has 0 saturated carbocycles. The largest absolute Gasteiger partial charge is 0.347 e. The first-order chi connectivity index (χ1) is 10.1. The van der Waals surface area contributed by atoms with Gasteiger partial charge in [-0.05, 0) is 18.2 Å². The van der Waals surface area contributed by atoms with Crippen LogP contribution in [-0.2, 0) is 9.59 Å². The second-order valence-corrected chi connectivity index (χ2v) is 5.92. The van der Waals surface area contributed by atoms with Gasteiger partial charge in [0.25, 0.3) is 0 Å². The Morgan fingerprint density at radius 2 is 2.18 bits per heavy atom. The van der Waals surface area contributed by atoms with Gasteiger partial charge in [-0.2, -0.15) is 11.8 Å². The number of hydrogen-bond acceptors (Lipinski definition) is 4. The van der Waals surface area contributed by atoms with Crippen molar-refractivity contribution in [2.45, 2.75) is 12.5 Å². The highest BCUT2D eigenvalue weighted by Gasteiger charge is 2.16. The van der Waals surface area contributed by atoms with Gasteiger partial charge in [0, 0.05) is 36.2 Å². The Balaban J connectivity index is 0.00000242. The van der Waals surface area contributed by atoms with Gasteiger partial charge in [0.1, 0.15) is 5.82 Å². The van der Waals surface area contributed by atoms with Crippen molar-refractivity contribution in [3.05, 3.63) is 30.1 Å². The lowest BCUT2D eigenvalue weighted by Crippen LogP contribution is -2.42. The van der Waals surface area contributed by atoms with Crippen molar-refractivity contribution in [3.8, 4) is 0 Å². The van der Waals surface area contributed by atoms with E-state index >= 15 is 0 Å². The molecule has 1 aromatic rings. The number of thioether (sulfide) groups is 1. The molecule has 0 spiro atoms. The van der Waals surface area contributed by atoms with E-state index in [4.69, 9.17) is 0 Å². The summed E-state index contributed by atoms with van der Waals surface area (Å²) in [5.74, 6) is 1.01. The Bertz CT molecular complexity index is 513. The highest BCUT2D eigenvalue weighted by molar-refractivity contribution is 7.99. The van der Waals surface area contributed by atoms with E-state index in [1.807, 2.05) is 11.8 Å². The van der Waals surface area contributed by atoms with Crippen LogP contribution in [0, 0.1) is 5.82 Å². The zero-order chi connectivity index (χ0) is 15.1. The third-order valence-electron chi connectivity index (χ3n) is 2.98. The van der Waals surface area contributed by atoms with Crippen LogP contribution in [0.15, 0.2) is 24.3 Å². The average Bonchev–Trinajstić information content (AvgIpc) is 2.46. The van der Waals surface area contributed by atoms with E-state index in [0.717, 1.165) is 18.1 Å². The Morgan fingerprint density at radius 1 is 1.36 bits per heavy atom. The van der Waals surface area contributed by atoms with Crippen LogP contribution in [0.25, 0.3) is 0 Å².